The van der Waals surface area contributed by atoms with Crippen LogP contribution in [0.25, 0.3) is 0 Å². The summed E-state index contributed by atoms with van der Waals surface area (Å²) in [4.78, 5) is 10.7. The predicted octanol–water partition coefficient (Wildman–Crippen LogP) is -0.138. The lowest BCUT2D eigenvalue weighted by atomic mass is 9.98. The first kappa shape index (κ1) is 11.6. The average Bonchev–Trinajstić information content (AvgIpc) is 2.26. The highest BCUT2D eigenvalue weighted by molar-refractivity contribution is 5.88. The van der Waals surface area contributed by atoms with E-state index in [-0.39, 0.29) is 25.4 Å². The summed E-state index contributed by atoms with van der Waals surface area (Å²) in [6.07, 6.45) is 0. The van der Waals surface area contributed by atoms with Crippen LogP contribution in [0.15, 0.2) is 12.1 Å². The number of rotatable bonds is 4. The van der Waals surface area contributed by atoms with Gasteiger partial charge in [-0.15, -0.1) is 0 Å². The van der Waals surface area contributed by atoms with Crippen LogP contribution in [-0.2, 0) is 19.8 Å². The predicted molar refractivity (Wildman–Crippen MR) is 51.2 cm³/mol. The van der Waals surface area contributed by atoms with Gasteiger partial charge < -0.3 is 20.4 Å². The van der Waals surface area contributed by atoms with Gasteiger partial charge in [0.25, 0.3) is 0 Å². The van der Waals surface area contributed by atoms with Crippen molar-refractivity contribution in [3.63, 3.8) is 0 Å². The molecule has 0 spiro atoms. The zero-order valence-corrected chi connectivity index (χ0v) is 7.97. The first-order valence-corrected chi connectivity index (χ1v) is 4.34. The van der Waals surface area contributed by atoms with E-state index < -0.39 is 5.97 Å². The number of aromatic carboxylic acids is 1. The van der Waals surface area contributed by atoms with Crippen LogP contribution in [0, 0.1) is 0 Å². The molecule has 0 aliphatic rings. The van der Waals surface area contributed by atoms with Gasteiger partial charge in [-0.2, -0.15) is 0 Å². The Bertz CT molecular complexity index is 347. The minimum absolute atomic E-state index is 0.0136. The Morgan fingerprint density at radius 1 is 1.00 bits per heavy atom. The van der Waals surface area contributed by atoms with Crippen molar-refractivity contribution in [2.24, 2.45) is 0 Å². The smallest absolute Gasteiger partial charge is 0.335 e. The molecule has 0 atom stereocenters. The van der Waals surface area contributed by atoms with E-state index in [1.807, 2.05) is 0 Å². The van der Waals surface area contributed by atoms with E-state index in [1.54, 1.807) is 0 Å². The monoisotopic (exact) mass is 212 g/mol. The zero-order valence-electron chi connectivity index (χ0n) is 7.97. The second kappa shape index (κ2) is 4.88. The third-order valence-electron chi connectivity index (χ3n) is 2.18. The Hall–Kier alpha value is -1.43. The molecule has 5 heteroatoms. The Labute approximate surface area is 86.2 Å². The molecule has 0 aromatic heterocycles. The van der Waals surface area contributed by atoms with E-state index in [0.29, 0.717) is 16.7 Å². The molecule has 0 fully saturated rings. The van der Waals surface area contributed by atoms with E-state index in [9.17, 15) is 4.79 Å². The quantitative estimate of drug-likeness (QED) is 0.557. The fraction of sp³-hybridized carbons (Fsp3) is 0.300. The molecule has 1 aromatic carbocycles. The first-order chi connectivity index (χ1) is 7.13. The van der Waals surface area contributed by atoms with E-state index in [4.69, 9.17) is 20.4 Å². The topological polar surface area (TPSA) is 98.0 Å². The molecule has 0 aliphatic carbocycles. The van der Waals surface area contributed by atoms with Gasteiger partial charge in [-0.1, -0.05) is 0 Å². The van der Waals surface area contributed by atoms with Crippen LogP contribution in [0.1, 0.15) is 27.0 Å². The zero-order chi connectivity index (χ0) is 11.4. The van der Waals surface area contributed by atoms with Crippen LogP contribution >= 0.6 is 0 Å². The summed E-state index contributed by atoms with van der Waals surface area (Å²) in [6.45, 7) is -1.08. The summed E-state index contributed by atoms with van der Waals surface area (Å²) in [5.74, 6) is -1.14. The lowest BCUT2D eigenvalue weighted by molar-refractivity contribution is 0.0696. The van der Waals surface area contributed by atoms with Crippen molar-refractivity contribution >= 4 is 5.97 Å². The minimum Gasteiger partial charge on any atom is -0.478 e. The second-order valence-corrected chi connectivity index (χ2v) is 3.05. The third-order valence-corrected chi connectivity index (χ3v) is 2.18. The number of aliphatic hydroxyl groups excluding tert-OH is 3. The van der Waals surface area contributed by atoms with Gasteiger partial charge in [-0.05, 0) is 28.8 Å². The van der Waals surface area contributed by atoms with E-state index in [0.717, 1.165) is 0 Å². The van der Waals surface area contributed by atoms with Gasteiger partial charge in [-0.3, -0.25) is 0 Å². The number of carbonyl (C=O) groups is 1. The maximum atomic E-state index is 10.7. The Balaban J connectivity index is 3.35. The van der Waals surface area contributed by atoms with Crippen molar-refractivity contribution in [2.75, 3.05) is 0 Å². The summed E-state index contributed by atoms with van der Waals surface area (Å²) in [7, 11) is 0. The van der Waals surface area contributed by atoms with Crippen molar-refractivity contribution in [1.29, 1.82) is 0 Å². The number of carboxylic acid groups (broad SMARTS) is 1. The summed E-state index contributed by atoms with van der Waals surface area (Å²) < 4.78 is 0. The summed E-state index contributed by atoms with van der Waals surface area (Å²) in [5, 5.41) is 35.8. The van der Waals surface area contributed by atoms with Crippen molar-refractivity contribution in [3.8, 4) is 0 Å². The van der Waals surface area contributed by atoms with E-state index >= 15 is 0 Å². The van der Waals surface area contributed by atoms with Gasteiger partial charge >= 0.3 is 5.97 Å². The number of aliphatic hydroxyl groups is 3. The van der Waals surface area contributed by atoms with Crippen LogP contribution in [0.4, 0.5) is 0 Å². The molecule has 0 unspecified atom stereocenters. The molecule has 0 aliphatic heterocycles. The van der Waals surface area contributed by atoms with Crippen molar-refractivity contribution < 1.29 is 25.2 Å². The molecule has 0 radical (unpaired) electrons. The highest BCUT2D eigenvalue weighted by atomic mass is 16.4. The van der Waals surface area contributed by atoms with Gasteiger partial charge in [0, 0.05) is 0 Å². The minimum atomic E-state index is -1.14. The summed E-state index contributed by atoms with van der Waals surface area (Å²) in [5.41, 5.74) is 1.01. The van der Waals surface area contributed by atoms with Crippen molar-refractivity contribution in [3.05, 3.63) is 34.4 Å². The van der Waals surface area contributed by atoms with Crippen LogP contribution < -0.4 is 0 Å². The van der Waals surface area contributed by atoms with E-state index in [2.05, 4.69) is 0 Å². The molecular weight excluding hydrogens is 200 g/mol. The van der Waals surface area contributed by atoms with Crippen molar-refractivity contribution in [2.45, 2.75) is 19.8 Å². The number of benzene rings is 1. The lowest BCUT2D eigenvalue weighted by Gasteiger charge is -2.11. The van der Waals surface area contributed by atoms with Crippen molar-refractivity contribution in [1.82, 2.24) is 0 Å². The largest absolute Gasteiger partial charge is 0.478 e. The standard InChI is InChI=1S/C10H12O5/c11-3-7-1-6(10(14)15)2-8(4-12)9(7)5-13/h1-2,11-13H,3-5H2,(H,14,15). The fourth-order valence-electron chi connectivity index (χ4n) is 1.41. The molecule has 0 saturated carbocycles. The first-order valence-electron chi connectivity index (χ1n) is 4.34. The molecule has 0 saturated heterocycles. The average molecular weight is 212 g/mol. The van der Waals surface area contributed by atoms with E-state index in [1.165, 1.54) is 12.1 Å². The fourth-order valence-corrected chi connectivity index (χ4v) is 1.41. The summed E-state index contributed by atoms with van der Waals surface area (Å²) in [6, 6.07) is 2.57. The second-order valence-electron chi connectivity index (χ2n) is 3.05. The number of carboxylic acids is 1. The SMILES string of the molecule is O=C(O)c1cc(CO)c(CO)c(CO)c1. The molecule has 15 heavy (non-hydrogen) atoms. The Kier molecular flexibility index (Phi) is 3.79. The van der Waals surface area contributed by atoms with Crippen LogP contribution in [0.3, 0.4) is 0 Å². The number of hydrogen-bond donors (Lipinski definition) is 4. The van der Waals surface area contributed by atoms with Crippen LogP contribution in [0.2, 0.25) is 0 Å². The Morgan fingerprint density at radius 2 is 1.47 bits per heavy atom. The normalized spacial score (nSPS) is 10.3. The molecule has 1 aromatic rings. The maximum Gasteiger partial charge on any atom is 0.335 e. The third kappa shape index (κ3) is 2.33. The maximum absolute atomic E-state index is 10.7. The van der Waals surface area contributed by atoms with Gasteiger partial charge in [0.15, 0.2) is 0 Å². The molecule has 5 nitrogen and oxygen atoms in total. The van der Waals surface area contributed by atoms with Gasteiger partial charge in [-0.25, -0.2) is 4.79 Å². The summed E-state index contributed by atoms with van der Waals surface area (Å²) >= 11 is 0. The highest BCUT2D eigenvalue weighted by Gasteiger charge is 2.12. The van der Waals surface area contributed by atoms with Gasteiger partial charge in [0.2, 0.25) is 0 Å². The van der Waals surface area contributed by atoms with Gasteiger partial charge in [0.1, 0.15) is 0 Å². The van der Waals surface area contributed by atoms with Gasteiger partial charge in [0.05, 0.1) is 25.4 Å². The van der Waals surface area contributed by atoms with Crippen LogP contribution in [-0.4, -0.2) is 26.4 Å². The molecule has 0 bridgehead atoms. The molecule has 0 heterocycles. The molecular formula is C10H12O5. The molecule has 0 amide bonds. The number of hydrogen-bond acceptors (Lipinski definition) is 4. The molecule has 1 rings (SSSR count). The van der Waals surface area contributed by atoms with Crippen LogP contribution in [0.5, 0.6) is 0 Å². The Morgan fingerprint density at radius 3 is 1.73 bits per heavy atom. The molecule has 4 N–H and O–H groups in total. The molecule has 82 valence electrons. The lowest BCUT2D eigenvalue weighted by Crippen LogP contribution is -2.06. The highest BCUT2D eigenvalue weighted by Crippen LogP contribution is 2.18.